The molecular weight excluding hydrogens is 262 g/mol. The molecule has 7 nitrogen and oxygen atoms in total. The van der Waals surface area contributed by atoms with E-state index in [0.717, 1.165) is 0 Å². The Morgan fingerprint density at radius 3 is 2.60 bits per heavy atom. The minimum atomic E-state index is -0.875. The van der Waals surface area contributed by atoms with Gasteiger partial charge in [0.25, 0.3) is 0 Å². The van der Waals surface area contributed by atoms with Crippen molar-refractivity contribution in [2.75, 3.05) is 30.3 Å². The molecule has 1 aliphatic heterocycles. The molecule has 1 aliphatic rings. The van der Waals surface area contributed by atoms with E-state index >= 15 is 0 Å². The summed E-state index contributed by atoms with van der Waals surface area (Å²) in [6.45, 7) is 0.941. The van der Waals surface area contributed by atoms with E-state index in [1.54, 1.807) is 12.1 Å². The predicted octanol–water partition coefficient (Wildman–Crippen LogP) is 0.891. The van der Waals surface area contributed by atoms with Gasteiger partial charge in [-0.2, -0.15) is 0 Å². The van der Waals surface area contributed by atoms with Crippen molar-refractivity contribution in [3.63, 3.8) is 0 Å². The predicted molar refractivity (Wildman–Crippen MR) is 75.6 cm³/mol. The second-order valence-electron chi connectivity index (χ2n) is 5.16. The van der Waals surface area contributed by atoms with E-state index < -0.39 is 10.5 Å². The highest BCUT2D eigenvalue weighted by Crippen LogP contribution is 2.36. The summed E-state index contributed by atoms with van der Waals surface area (Å²) < 4.78 is 0. The van der Waals surface area contributed by atoms with Gasteiger partial charge in [0.2, 0.25) is 0 Å². The molecule has 110 valence electrons. The zero-order valence-corrected chi connectivity index (χ0v) is 11.2. The summed E-state index contributed by atoms with van der Waals surface area (Å²) in [5, 5.41) is 30.3. The number of nitrogens with two attached hydrogens (primary N) is 1. The molecule has 1 saturated heterocycles. The molecule has 0 aliphatic carbocycles. The SMILES string of the molecule is Nc1cccc(N2CCC(O)(CCO)CC2)c1[N+](=O)[O-]. The standard InChI is InChI=1S/C13H19N3O4/c14-10-2-1-3-11(12(10)16(19)20)15-7-4-13(18,5-8-15)6-9-17/h1-3,17-18H,4-9,14H2. The van der Waals surface area contributed by atoms with Crippen LogP contribution < -0.4 is 10.6 Å². The van der Waals surface area contributed by atoms with Crippen molar-refractivity contribution in [1.29, 1.82) is 0 Å². The molecular formula is C13H19N3O4. The van der Waals surface area contributed by atoms with Gasteiger partial charge in [0.1, 0.15) is 11.4 Å². The van der Waals surface area contributed by atoms with Gasteiger partial charge in [0.15, 0.2) is 0 Å². The molecule has 1 fully saturated rings. The van der Waals surface area contributed by atoms with Crippen LogP contribution in [0.3, 0.4) is 0 Å². The number of aliphatic hydroxyl groups excluding tert-OH is 1. The third kappa shape index (κ3) is 2.83. The zero-order chi connectivity index (χ0) is 14.8. The molecule has 1 aromatic rings. The Labute approximate surface area is 116 Å². The van der Waals surface area contributed by atoms with Gasteiger partial charge in [-0.05, 0) is 31.4 Å². The molecule has 0 atom stereocenters. The Kier molecular flexibility index (Phi) is 4.10. The third-order valence-corrected chi connectivity index (χ3v) is 3.84. The van der Waals surface area contributed by atoms with Crippen molar-refractivity contribution in [1.82, 2.24) is 0 Å². The number of hydrogen-bond acceptors (Lipinski definition) is 6. The molecule has 2 rings (SSSR count). The Hall–Kier alpha value is -1.86. The van der Waals surface area contributed by atoms with Gasteiger partial charge in [0.05, 0.1) is 10.5 Å². The monoisotopic (exact) mass is 281 g/mol. The van der Waals surface area contributed by atoms with Gasteiger partial charge < -0.3 is 20.8 Å². The second-order valence-corrected chi connectivity index (χ2v) is 5.16. The number of anilines is 2. The lowest BCUT2D eigenvalue weighted by molar-refractivity contribution is -0.383. The number of nitrogens with zero attached hydrogens (tertiary/aromatic N) is 2. The van der Waals surface area contributed by atoms with E-state index in [-0.39, 0.29) is 18.0 Å². The number of nitro benzene ring substituents is 1. The molecule has 0 saturated carbocycles. The Bertz CT molecular complexity index is 498. The Morgan fingerprint density at radius 2 is 2.05 bits per heavy atom. The molecule has 4 N–H and O–H groups in total. The maximum atomic E-state index is 11.1. The first kappa shape index (κ1) is 14.5. The van der Waals surface area contributed by atoms with Crippen LogP contribution in [0, 0.1) is 10.1 Å². The van der Waals surface area contributed by atoms with E-state index in [1.807, 2.05) is 4.90 Å². The summed E-state index contributed by atoms with van der Waals surface area (Å²) in [5.74, 6) is 0. The summed E-state index contributed by atoms with van der Waals surface area (Å²) in [5.41, 5.74) is 5.35. The van der Waals surface area contributed by atoms with Gasteiger partial charge in [0, 0.05) is 19.7 Å². The summed E-state index contributed by atoms with van der Waals surface area (Å²) in [7, 11) is 0. The van der Waals surface area contributed by atoms with Crippen molar-refractivity contribution in [3.8, 4) is 0 Å². The first-order valence-electron chi connectivity index (χ1n) is 6.58. The van der Waals surface area contributed by atoms with Crippen LogP contribution in [0.4, 0.5) is 17.1 Å². The van der Waals surface area contributed by atoms with Crippen LogP contribution >= 0.6 is 0 Å². The molecule has 0 aromatic heterocycles. The lowest BCUT2D eigenvalue weighted by Gasteiger charge is -2.38. The molecule has 0 amide bonds. The molecule has 0 bridgehead atoms. The van der Waals surface area contributed by atoms with Gasteiger partial charge in [-0.1, -0.05) is 6.07 Å². The number of hydrogen-bond donors (Lipinski definition) is 3. The van der Waals surface area contributed by atoms with E-state index in [4.69, 9.17) is 10.8 Å². The smallest absolute Gasteiger partial charge is 0.315 e. The largest absolute Gasteiger partial charge is 0.396 e. The summed E-state index contributed by atoms with van der Waals surface area (Å²) >= 11 is 0. The highest BCUT2D eigenvalue weighted by molar-refractivity contribution is 5.75. The van der Waals surface area contributed by atoms with Crippen LogP contribution in [0.2, 0.25) is 0 Å². The number of piperidine rings is 1. The molecule has 1 heterocycles. The summed E-state index contributed by atoms with van der Waals surface area (Å²) in [4.78, 5) is 12.5. The van der Waals surface area contributed by atoms with Crippen LogP contribution in [0.5, 0.6) is 0 Å². The molecule has 0 unspecified atom stereocenters. The molecule has 7 heteroatoms. The highest BCUT2D eigenvalue weighted by Gasteiger charge is 2.34. The molecule has 0 radical (unpaired) electrons. The highest BCUT2D eigenvalue weighted by atomic mass is 16.6. The first-order chi connectivity index (χ1) is 9.47. The topological polar surface area (TPSA) is 113 Å². The maximum absolute atomic E-state index is 11.1. The summed E-state index contributed by atoms with van der Waals surface area (Å²) in [6.07, 6.45) is 1.28. The van der Waals surface area contributed by atoms with Gasteiger partial charge >= 0.3 is 5.69 Å². The second kappa shape index (κ2) is 5.64. The van der Waals surface area contributed by atoms with Crippen LogP contribution in [0.1, 0.15) is 19.3 Å². The van der Waals surface area contributed by atoms with Crippen LogP contribution in [0.15, 0.2) is 18.2 Å². The minimum Gasteiger partial charge on any atom is -0.396 e. The Morgan fingerprint density at radius 1 is 1.40 bits per heavy atom. The van der Waals surface area contributed by atoms with Crippen molar-refractivity contribution in [2.24, 2.45) is 0 Å². The third-order valence-electron chi connectivity index (χ3n) is 3.84. The van der Waals surface area contributed by atoms with E-state index in [1.165, 1.54) is 6.07 Å². The van der Waals surface area contributed by atoms with Crippen molar-refractivity contribution >= 4 is 17.1 Å². The lowest BCUT2D eigenvalue weighted by atomic mass is 9.88. The van der Waals surface area contributed by atoms with Crippen LogP contribution in [0.25, 0.3) is 0 Å². The van der Waals surface area contributed by atoms with E-state index in [9.17, 15) is 15.2 Å². The number of nitrogen functional groups attached to an aromatic ring is 1. The van der Waals surface area contributed by atoms with Crippen molar-refractivity contribution in [2.45, 2.75) is 24.9 Å². The van der Waals surface area contributed by atoms with Gasteiger partial charge in [-0.3, -0.25) is 10.1 Å². The van der Waals surface area contributed by atoms with E-state index in [2.05, 4.69) is 0 Å². The van der Waals surface area contributed by atoms with Crippen LogP contribution in [-0.4, -0.2) is 40.4 Å². The number of para-hydroxylation sites is 1. The average molecular weight is 281 g/mol. The minimum absolute atomic E-state index is 0.0606. The number of aliphatic hydroxyl groups is 2. The number of nitro groups is 1. The van der Waals surface area contributed by atoms with Gasteiger partial charge in [-0.25, -0.2) is 0 Å². The quantitative estimate of drug-likeness (QED) is 0.429. The van der Waals surface area contributed by atoms with Crippen LogP contribution in [-0.2, 0) is 0 Å². The maximum Gasteiger partial charge on any atom is 0.315 e. The zero-order valence-electron chi connectivity index (χ0n) is 11.2. The van der Waals surface area contributed by atoms with Crippen molar-refractivity contribution < 1.29 is 15.1 Å². The molecule has 20 heavy (non-hydrogen) atoms. The number of benzene rings is 1. The fourth-order valence-corrected chi connectivity index (χ4v) is 2.62. The van der Waals surface area contributed by atoms with Crippen molar-refractivity contribution in [3.05, 3.63) is 28.3 Å². The average Bonchev–Trinajstić information content (AvgIpc) is 2.39. The molecule has 0 spiro atoms. The lowest BCUT2D eigenvalue weighted by Crippen LogP contribution is -2.45. The number of rotatable bonds is 4. The normalized spacial score (nSPS) is 18.0. The van der Waals surface area contributed by atoms with E-state index in [0.29, 0.717) is 38.0 Å². The first-order valence-corrected chi connectivity index (χ1v) is 6.58. The fourth-order valence-electron chi connectivity index (χ4n) is 2.62. The summed E-state index contributed by atoms with van der Waals surface area (Å²) in [6, 6.07) is 4.87. The van der Waals surface area contributed by atoms with Gasteiger partial charge in [-0.15, -0.1) is 0 Å². The fraction of sp³-hybridized carbons (Fsp3) is 0.538. The molecule has 1 aromatic carbocycles. The Balaban J connectivity index is 2.19.